The molecular formula is C11H14N2O2. The summed E-state index contributed by atoms with van der Waals surface area (Å²) in [6, 6.07) is 3.86. The molecule has 1 amide bonds. The number of furan rings is 1. The second kappa shape index (κ2) is 4.79. The predicted octanol–water partition coefficient (Wildman–Crippen LogP) is 0.771. The molecule has 2 N–H and O–H groups in total. The average Bonchev–Trinajstić information content (AvgIpc) is 2.86. The lowest BCUT2D eigenvalue weighted by Crippen LogP contribution is -2.34. The van der Waals surface area contributed by atoms with Crippen LogP contribution in [0.2, 0.25) is 0 Å². The minimum absolute atomic E-state index is 0.0694. The number of amides is 1. The van der Waals surface area contributed by atoms with Gasteiger partial charge in [-0.3, -0.25) is 4.79 Å². The van der Waals surface area contributed by atoms with Gasteiger partial charge in [0.25, 0.3) is 0 Å². The molecule has 2 rings (SSSR count). The first-order valence-electron chi connectivity index (χ1n) is 5.07. The number of hydrogen-bond donors (Lipinski definition) is 2. The van der Waals surface area contributed by atoms with Crippen LogP contribution in [0.4, 0.5) is 0 Å². The molecule has 0 radical (unpaired) electrons. The van der Waals surface area contributed by atoms with Crippen LogP contribution in [0.3, 0.4) is 0 Å². The monoisotopic (exact) mass is 206 g/mol. The molecule has 0 unspecified atom stereocenters. The molecule has 1 atom stereocenters. The van der Waals surface area contributed by atoms with Gasteiger partial charge in [0.1, 0.15) is 5.76 Å². The van der Waals surface area contributed by atoms with Crippen molar-refractivity contribution in [2.24, 2.45) is 0 Å². The Balaban J connectivity index is 1.81. The molecule has 1 aromatic rings. The molecule has 15 heavy (non-hydrogen) atoms. The highest BCUT2D eigenvalue weighted by Crippen LogP contribution is 2.02. The van der Waals surface area contributed by atoms with Crippen LogP contribution < -0.4 is 10.6 Å². The number of hydrogen-bond acceptors (Lipinski definition) is 3. The van der Waals surface area contributed by atoms with E-state index in [1.807, 2.05) is 0 Å². The highest BCUT2D eigenvalue weighted by atomic mass is 16.3. The summed E-state index contributed by atoms with van der Waals surface area (Å²) in [6.07, 6.45) is 5.74. The van der Waals surface area contributed by atoms with Crippen molar-refractivity contribution in [2.45, 2.75) is 12.5 Å². The van der Waals surface area contributed by atoms with Gasteiger partial charge in [0.15, 0.2) is 0 Å². The van der Waals surface area contributed by atoms with Crippen molar-refractivity contribution in [1.82, 2.24) is 10.6 Å². The summed E-state index contributed by atoms with van der Waals surface area (Å²) in [4.78, 5) is 11.4. The second-order valence-corrected chi connectivity index (χ2v) is 3.55. The summed E-state index contributed by atoms with van der Waals surface area (Å²) in [5.74, 6) is 0.620. The Kier molecular flexibility index (Phi) is 3.19. The number of carbonyl (C=O) groups excluding carboxylic acids is 1. The summed E-state index contributed by atoms with van der Waals surface area (Å²) in [5, 5.41) is 6.10. The molecule has 1 aromatic heterocycles. The van der Waals surface area contributed by atoms with Gasteiger partial charge in [0.05, 0.1) is 6.26 Å². The summed E-state index contributed by atoms with van der Waals surface area (Å²) >= 11 is 0. The minimum atomic E-state index is -0.0694. The van der Waals surface area contributed by atoms with Crippen LogP contribution >= 0.6 is 0 Å². The van der Waals surface area contributed by atoms with Gasteiger partial charge < -0.3 is 15.1 Å². The fourth-order valence-corrected chi connectivity index (χ4v) is 1.57. The fraction of sp³-hybridized carbons (Fsp3) is 0.364. The SMILES string of the molecule is O=C(C=Cc1ccco1)N[C@H]1CCNC1. The predicted molar refractivity (Wildman–Crippen MR) is 57.2 cm³/mol. The quantitative estimate of drug-likeness (QED) is 0.718. The van der Waals surface area contributed by atoms with Crippen molar-refractivity contribution in [1.29, 1.82) is 0 Å². The van der Waals surface area contributed by atoms with Crippen molar-refractivity contribution in [3.05, 3.63) is 30.2 Å². The molecule has 80 valence electrons. The first-order chi connectivity index (χ1) is 7.34. The van der Waals surface area contributed by atoms with Gasteiger partial charge in [-0.2, -0.15) is 0 Å². The normalized spacial score (nSPS) is 20.9. The van der Waals surface area contributed by atoms with Gasteiger partial charge in [-0.15, -0.1) is 0 Å². The van der Waals surface area contributed by atoms with E-state index < -0.39 is 0 Å². The third-order valence-electron chi connectivity index (χ3n) is 2.35. The van der Waals surface area contributed by atoms with E-state index in [1.165, 1.54) is 6.08 Å². The van der Waals surface area contributed by atoms with Crippen molar-refractivity contribution in [2.75, 3.05) is 13.1 Å². The van der Waals surface area contributed by atoms with Crippen LogP contribution in [0.15, 0.2) is 28.9 Å². The van der Waals surface area contributed by atoms with E-state index in [-0.39, 0.29) is 11.9 Å². The molecule has 1 fully saturated rings. The third-order valence-corrected chi connectivity index (χ3v) is 2.35. The molecule has 0 bridgehead atoms. The van der Waals surface area contributed by atoms with Crippen molar-refractivity contribution < 1.29 is 9.21 Å². The fourth-order valence-electron chi connectivity index (χ4n) is 1.57. The van der Waals surface area contributed by atoms with Crippen LogP contribution in [0.1, 0.15) is 12.2 Å². The molecule has 0 aliphatic carbocycles. The summed E-state index contributed by atoms with van der Waals surface area (Å²) < 4.78 is 5.07. The van der Waals surface area contributed by atoms with Crippen LogP contribution in [0.25, 0.3) is 6.08 Å². The van der Waals surface area contributed by atoms with Gasteiger partial charge in [0, 0.05) is 18.7 Å². The van der Waals surface area contributed by atoms with Crippen LogP contribution in [0, 0.1) is 0 Å². The van der Waals surface area contributed by atoms with Crippen LogP contribution in [-0.4, -0.2) is 25.0 Å². The first kappa shape index (κ1) is 9.98. The van der Waals surface area contributed by atoms with Gasteiger partial charge in [-0.25, -0.2) is 0 Å². The van der Waals surface area contributed by atoms with E-state index in [9.17, 15) is 4.79 Å². The Morgan fingerprint density at radius 1 is 1.67 bits per heavy atom. The average molecular weight is 206 g/mol. The maximum Gasteiger partial charge on any atom is 0.244 e. The van der Waals surface area contributed by atoms with E-state index in [1.54, 1.807) is 24.5 Å². The number of nitrogens with one attached hydrogen (secondary N) is 2. The van der Waals surface area contributed by atoms with Crippen LogP contribution in [-0.2, 0) is 4.79 Å². The molecule has 0 aromatic carbocycles. The Morgan fingerprint density at radius 3 is 3.27 bits per heavy atom. The lowest BCUT2D eigenvalue weighted by molar-refractivity contribution is -0.117. The zero-order valence-corrected chi connectivity index (χ0v) is 8.40. The van der Waals surface area contributed by atoms with Crippen LogP contribution in [0.5, 0.6) is 0 Å². The van der Waals surface area contributed by atoms with Crippen molar-refractivity contribution in [3.8, 4) is 0 Å². The summed E-state index contributed by atoms with van der Waals surface area (Å²) in [6.45, 7) is 1.84. The minimum Gasteiger partial charge on any atom is -0.465 e. The molecular weight excluding hydrogens is 192 g/mol. The highest BCUT2D eigenvalue weighted by molar-refractivity contribution is 5.91. The summed E-state index contributed by atoms with van der Waals surface area (Å²) in [5.41, 5.74) is 0. The molecule has 2 heterocycles. The third kappa shape index (κ3) is 2.95. The molecule has 1 aliphatic heterocycles. The standard InChI is InChI=1S/C11H14N2O2/c14-11(13-9-5-6-12-8-9)4-3-10-2-1-7-15-10/h1-4,7,9,12H,5-6,8H2,(H,13,14)/t9-/m0/s1. The largest absolute Gasteiger partial charge is 0.465 e. The topological polar surface area (TPSA) is 54.3 Å². The molecule has 0 spiro atoms. The Labute approximate surface area is 88.3 Å². The number of rotatable bonds is 3. The van der Waals surface area contributed by atoms with E-state index in [0.717, 1.165) is 19.5 Å². The highest BCUT2D eigenvalue weighted by Gasteiger charge is 2.14. The zero-order chi connectivity index (χ0) is 10.5. The lowest BCUT2D eigenvalue weighted by Gasteiger charge is -2.07. The van der Waals surface area contributed by atoms with E-state index >= 15 is 0 Å². The zero-order valence-electron chi connectivity index (χ0n) is 8.40. The van der Waals surface area contributed by atoms with Crippen molar-refractivity contribution >= 4 is 12.0 Å². The number of carbonyl (C=O) groups is 1. The van der Waals surface area contributed by atoms with E-state index in [4.69, 9.17) is 4.42 Å². The maximum absolute atomic E-state index is 11.4. The molecule has 4 heteroatoms. The van der Waals surface area contributed by atoms with Gasteiger partial charge in [-0.05, 0) is 31.2 Å². The Bertz CT molecular complexity index is 337. The Morgan fingerprint density at radius 2 is 2.60 bits per heavy atom. The molecule has 4 nitrogen and oxygen atoms in total. The van der Waals surface area contributed by atoms with Crippen molar-refractivity contribution in [3.63, 3.8) is 0 Å². The lowest BCUT2D eigenvalue weighted by atomic mass is 10.2. The molecule has 0 saturated carbocycles. The van der Waals surface area contributed by atoms with Gasteiger partial charge in [-0.1, -0.05) is 0 Å². The second-order valence-electron chi connectivity index (χ2n) is 3.55. The van der Waals surface area contributed by atoms with E-state index in [0.29, 0.717) is 5.76 Å². The first-order valence-corrected chi connectivity index (χ1v) is 5.07. The summed E-state index contributed by atoms with van der Waals surface area (Å²) in [7, 11) is 0. The Hall–Kier alpha value is -1.55. The molecule has 1 saturated heterocycles. The van der Waals surface area contributed by atoms with E-state index in [2.05, 4.69) is 10.6 Å². The van der Waals surface area contributed by atoms with Gasteiger partial charge >= 0.3 is 0 Å². The molecule has 1 aliphatic rings. The smallest absolute Gasteiger partial charge is 0.244 e. The maximum atomic E-state index is 11.4. The van der Waals surface area contributed by atoms with Gasteiger partial charge in [0.2, 0.25) is 5.91 Å².